The van der Waals surface area contributed by atoms with Crippen LogP contribution in [0.5, 0.6) is 5.75 Å². The predicted octanol–water partition coefficient (Wildman–Crippen LogP) is 1.73. The van der Waals surface area contributed by atoms with Gasteiger partial charge in [-0.3, -0.25) is 0 Å². The lowest BCUT2D eigenvalue weighted by Gasteiger charge is -2.09. The van der Waals surface area contributed by atoms with Gasteiger partial charge in [-0.1, -0.05) is 25.5 Å². The van der Waals surface area contributed by atoms with Gasteiger partial charge in [0.1, 0.15) is 5.75 Å². The Balaban J connectivity index is 2.41. The Hall–Kier alpha value is -1.06. The Bertz CT molecular complexity index is 284. The summed E-state index contributed by atoms with van der Waals surface area (Å²) in [6.45, 7) is 2.93. The van der Waals surface area contributed by atoms with Crippen LogP contribution in [0.4, 0.5) is 0 Å². The van der Waals surface area contributed by atoms with Crippen LogP contribution in [-0.2, 0) is 6.42 Å². The molecule has 3 heteroatoms. The van der Waals surface area contributed by atoms with Crippen molar-refractivity contribution in [3.8, 4) is 5.75 Å². The number of hydrogen-bond donors (Lipinski definition) is 2. The van der Waals surface area contributed by atoms with Gasteiger partial charge in [0.2, 0.25) is 0 Å². The lowest BCUT2D eigenvalue weighted by Crippen LogP contribution is -2.26. The van der Waals surface area contributed by atoms with Crippen molar-refractivity contribution in [3.63, 3.8) is 0 Å². The maximum atomic E-state index is 8.84. The predicted molar refractivity (Wildman–Crippen MR) is 65.6 cm³/mol. The lowest BCUT2D eigenvalue weighted by atomic mass is 10.1. The second-order valence-corrected chi connectivity index (χ2v) is 3.99. The Morgan fingerprint density at radius 3 is 2.56 bits per heavy atom. The molecule has 0 fully saturated rings. The molecule has 16 heavy (non-hydrogen) atoms. The number of aliphatic hydroxyl groups is 1. The molecule has 3 N–H and O–H groups in total. The first kappa shape index (κ1) is 13.0. The third kappa shape index (κ3) is 4.64. The van der Waals surface area contributed by atoms with E-state index in [1.54, 1.807) is 0 Å². The zero-order chi connectivity index (χ0) is 11.8. The topological polar surface area (TPSA) is 55.5 Å². The van der Waals surface area contributed by atoms with E-state index in [1.807, 2.05) is 24.3 Å². The lowest BCUT2D eigenvalue weighted by molar-refractivity contribution is 0.265. The summed E-state index contributed by atoms with van der Waals surface area (Å²) in [5.74, 6) is 0.898. The largest absolute Gasteiger partial charge is 0.494 e. The zero-order valence-electron chi connectivity index (χ0n) is 9.86. The van der Waals surface area contributed by atoms with Gasteiger partial charge in [-0.25, -0.2) is 0 Å². The number of benzene rings is 1. The van der Waals surface area contributed by atoms with E-state index in [0.29, 0.717) is 6.42 Å². The van der Waals surface area contributed by atoms with Crippen molar-refractivity contribution in [3.05, 3.63) is 29.8 Å². The SMILES string of the molecule is CCCCOc1ccc(CC(N)CO)cc1. The van der Waals surface area contributed by atoms with Crippen molar-refractivity contribution in [2.24, 2.45) is 5.73 Å². The van der Waals surface area contributed by atoms with Gasteiger partial charge in [0.05, 0.1) is 13.2 Å². The second-order valence-electron chi connectivity index (χ2n) is 3.99. The minimum atomic E-state index is -0.174. The Labute approximate surface area is 97.2 Å². The number of aliphatic hydroxyl groups excluding tert-OH is 1. The molecule has 0 aliphatic heterocycles. The zero-order valence-corrected chi connectivity index (χ0v) is 9.86. The highest BCUT2D eigenvalue weighted by molar-refractivity contribution is 5.27. The molecule has 0 saturated heterocycles. The Kier molecular flexibility index (Phi) is 5.90. The van der Waals surface area contributed by atoms with Gasteiger partial charge in [0, 0.05) is 6.04 Å². The molecule has 1 rings (SSSR count). The van der Waals surface area contributed by atoms with E-state index < -0.39 is 0 Å². The average Bonchev–Trinajstić information content (AvgIpc) is 2.31. The fraction of sp³-hybridized carbons (Fsp3) is 0.538. The van der Waals surface area contributed by atoms with Crippen molar-refractivity contribution in [2.45, 2.75) is 32.2 Å². The molecule has 0 heterocycles. The van der Waals surface area contributed by atoms with Crippen LogP contribution in [0.2, 0.25) is 0 Å². The van der Waals surface area contributed by atoms with E-state index >= 15 is 0 Å². The van der Waals surface area contributed by atoms with Gasteiger partial charge in [-0.2, -0.15) is 0 Å². The van der Waals surface area contributed by atoms with E-state index in [4.69, 9.17) is 15.6 Å². The van der Waals surface area contributed by atoms with Crippen LogP contribution in [0.15, 0.2) is 24.3 Å². The van der Waals surface area contributed by atoms with Gasteiger partial charge in [0.15, 0.2) is 0 Å². The highest BCUT2D eigenvalue weighted by Crippen LogP contribution is 2.13. The molecule has 0 amide bonds. The molecule has 1 unspecified atom stereocenters. The van der Waals surface area contributed by atoms with Gasteiger partial charge < -0.3 is 15.6 Å². The molecule has 0 aliphatic carbocycles. The molecule has 3 nitrogen and oxygen atoms in total. The molecule has 1 atom stereocenters. The Morgan fingerprint density at radius 1 is 1.31 bits per heavy atom. The fourth-order valence-electron chi connectivity index (χ4n) is 1.42. The number of unbranched alkanes of at least 4 members (excludes halogenated alkanes) is 1. The Morgan fingerprint density at radius 2 is 2.00 bits per heavy atom. The number of nitrogens with two attached hydrogens (primary N) is 1. The van der Waals surface area contributed by atoms with E-state index in [2.05, 4.69) is 6.92 Å². The number of ether oxygens (including phenoxy) is 1. The molecule has 1 aromatic rings. The van der Waals surface area contributed by atoms with Crippen LogP contribution in [0, 0.1) is 0 Å². The minimum Gasteiger partial charge on any atom is -0.494 e. The van der Waals surface area contributed by atoms with Crippen molar-refractivity contribution < 1.29 is 9.84 Å². The quantitative estimate of drug-likeness (QED) is 0.692. The fourth-order valence-corrected chi connectivity index (χ4v) is 1.42. The summed E-state index contributed by atoms with van der Waals surface area (Å²) in [7, 11) is 0. The highest BCUT2D eigenvalue weighted by Gasteiger charge is 2.02. The first-order chi connectivity index (χ1) is 7.76. The summed E-state index contributed by atoms with van der Waals surface area (Å²) >= 11 is 0. The minimum absolute atomic E-state index is 0.0226. The maximum absolute atomic E-state index is 8.84. The van der Waals surface area contributed by atoms with Crippen LogP contribution < -0.4 is 10.5 Å². The third-order valence-corrected chi connectivity index (χ3v) is 2.42. The number of rotatable bonds is 7. The summed E-state index contributed by atoms with van der Waals surface area (Å²) in [5.41, 5.74) is 6.79. The van der Waals surface area contributed by atoms with Crippen LogP contribution in [-0.4, -0.2) is 24.4 Å². The van der Waals surface area contributed by atoms with Crippen molar-refractivity contribution >= 4 is 0 Å². The molecule has 0 spiro atoms. The smallest absolute Gasteiger partial charge is 0.119 e. The van der Waals surface area contributed by atoms with E-state index in [9.17, 15) is 0 Å². The maximum Gasteiger partial charge on any atom is 0.119 e. The summed E-state index contributed by atoms with van der Waals surface area (Å²) in [5, 5.41) is 8.84. The van der Waals surface area contributed by atoms with Crippen LogP contribution >= 0.6 is 0 Å². The standard InChI is InChI=1S/C13H21NO2/c1-2-3-8-16-13-6-4-11(5-7-13)9-12(14)10-15/h4-7,12,15H,2-3,8-10,14H2,1H3. The van der Waals surface area contributed by atoms with E-state index in [0.717, 1.165) is 30.8 Å². The van der Waals surface area contributed by atoms with Crippen LogP contribution in [0.1, 0.15) is 25.3 Å². The molecule has 0 aliphatic rings. The van der Waals surface area contributed by atoms with Gasteiger partial charge in [-0.15, -0.1) is 0 Å². The molecule has 0 aromatic heterocycles. The summed E-state index contributed by atoms with van der Waals surface area (Å²) in [4.78, 5) is 0. The summed E-state index contributed by atoms with van der Waals surface area (Å²) < 4.78 is 5.55. The first-order valence-corrected chi connectivity index (χ1v) is 5.84. The summed E-state index contributed by atoms with van der Waals surface area (Å²) in [6.07, 6.45) is 2.92. The first-order valence-electron chi connectivity index (χ1n) is 5.84. The van der Waals surface area contributed by atoms with Crippen LogP contribution in [0.3, 0.4) is 0 Å². The van der Waals surface area contributed by atoms with Gasteiger partial charge in [0.25, 0.3) is 0 Å². The van der Waals surface area contributed by atoms with Crippen molar-refractivity contribution in [1.82, 2.24) is 0 Å². The summed E-state index contributed by atoms with van der Waals surface area (Å²) in [6, 6.07) is 7.73. The van der Waals surface area contributed by atoms with E-state index in [1.165, 1.54) is 0 Å². The van der Waals surface area contributed by atoms with Crippen LogP contribution in [0.25, 0.3) is 0 Å². The van der Waals surface area contributed by atoms with Gasteiger partial charge in [-0.05, 0) is 30.5 Å². The second kappa shape index (κ2) is 7.25. The highest BCUT2D eigenvalue weighted by atomic mass is 16.5. The molecule has 1 aromatic carbocycles. The normalized spacial score (nSPS) is 12.4. The molecule has 0 bridgehead atoms. The third-order valence-electron chi connectivity index (χ3n) is 2.42. The molecule has 90 valence electrons. The molecule has 0 saturated carbocycles. The molecular formula is C13H21NO2. The average molecular weight is 223 g/mol. The van der Waals surface area contributed by atoms with Crippen molar-refractivity contribution in [1.29, 1.82) is 0 Å². The van der Waals surface area contributed by atoms with Gasteiger partial charge >= 0.3 is 0 Å². The molecule has 0 radical (unpaired) electrons. The van der Waals surface area contributed by atoms with E-state index in [-0.39, 0.29) is 12.6 Å². The molecular weight excluding hydrogens is 202 g/mol. The monoisotopic (exact) mass is 223 g/mol. The number of hydrogen-bond acceptors (Lipinski definition) is 3. The van der Waals surface area contributed by atoms with Crippen molar-refractivity contribution in [2.75, 3.05) is 13.2 Å².